The monoisotopic (exact) mass is 428 g/mol. The maximum absolute atomic E-state index is 12.5. The van der Waals surface area contributed by atoms with Crippen LogP contribution >= 0.6 is 22.9 Å². The van der Waals surface area contributed by atoms with Crippen molar-refractivity contribution in [2.24, 2.45) is 0 Å². The zero-order valence-corrected chi connectivity index (χ0v) is 16.5. The number of amides is 1. The number of carbonyl (C=O) groups excluding carboxylic acids is 1. The summed E-state index contributed by atoms with van der Waals surface area (Å²) in [5, 5.41) is 13.5. The van der Waals surface area contributed by atoms with Gasteiger partial charge in [-0.2, -0.15) is 0 Å². The van der Waals surface area contributed by atoms with Gasteiger partial charge in [-0.05, 0) is 24.3 Å². The minimum atomic E-state index is -0.593. The van der Waals surface area contributed by atoms with Crippen LogP contribution in [-0.2, 0) is 0 Å². The van der Waals surface area contributed by atoms with E-state index in [1.807, 2.05) is 0 Å². The third-order valence-corrected chi connectivity index (χ3v) is 5.00. The molecule has 0 atom stereocenters. The van der Waals surface area contributed by atoms with Crippen molar-refractivity contribution in [1.82, 2.24) is 15.0 Å². The van der Waals surface area contributed by atoms with Crippen LogP contribution in [0.15, 0.2) is 48.8 Å². The van der Waals surface area contributed by atoms with Crippen molar-refractivity contribution in [3.8, 4) is 23.0 Å². The Labute approximate surface area is 173 Å². The molecule has 0 unspecified atom stereocenters. The van der Waals surface area contributed by atoms with E-state index in [0.29, 0.717) is 27.3 Å². The van der Waals surface area contributed by atoms with Crippen LogP contribution in [0.4, 0.5) is 5.13 Å². The van der Waals surface area contributed by atoms with Crippen molar-refractivity contribution in [2.45, 2.75) is 0 Å². The van der Waals surface area contributed by atoms with Gasteiger partial charge in [0.2, 0.25) is 0 Å². The highest BCUT2D eigenvalue weighted by Crippen LogP contribution is 2.32. The molecule has 0 aliphatic rings. The van der Waals surface area contributed by atoms with Gasteiger partial charge in [-0.3, -0.25) is 10.1 Å². The maximum atomic E-state index is 12.5. The standard InChI is InChI=1S/C19H13ClN4O4S/c1-27-13-6-7-21-16(17(13)25)18(26)24-19-23-12-4-2-10(8-14(12)29-19)28-11-3-5-15(20)22-9-11/h2-9,25H,1H3,(H,23,24,26). The molecule has 0 aliphatic carbocycles. The molecule has 2 N–H and O–H groups in total. The number of rotatable bonds is 5. The number of nitrogens with zero attached hydrogens (tertiary/aromatic N) is 3. The highest BCUT2D eigenvalue weighted by atomic mass is 35.5. The zero-order valence-electron chi connectivity index (χ0n) is 14.9. The van der Waals surface area contributed by atoms with E-state index in [-0.39, 0.29) is 17.2 Å². The number of thiazole rings is 1. The Hall–Kier alpha value is -3.43. The van der Waals surface area contributed by atoms with E-state index < -0.39 is 5.91 Å². The molecule has 0 saturated heterocycles. The number of halogens is 1. The maximum Gasteiger partial charge on any atom is 0.280 e. The molecule has 4 aromatic rings. The summed E-state index contributed by atoms with van der Waals surface area (Å²) in [7, 11) is 1.39. The molecule has 4 rings (SSSR count). The quantitative estimate of drug-likeness (QED) is 0.451. The molecule has 1 aromatic carbocycles. The van der Waals surface area contributed by atoms with E-state index >= 15 is 0 Å². The Morgan fingerprint density at radius 1 is 1.17 bits per heavy atom. The summed E-state index contributed by atoms with van der Waals surface area (Å²) in [5.41, 5.74) is 0.539. The fourth-order valence-corrected chi connectivity index (χ4v) is 3.51. The largest absolute Gasteiger partial charge is 0.503 e. The molecule has 0 saturated carbocycles. The molecule has 0 aliphatic heterocycles. The molecule has 146 valence electrons. The Bertz CT molecular complexity index is 1200. The lowest BCUT2D eigenvalue weighted by molar-refractivity contribution is 0.101. The lowest BCUT2D eigenvalue weighted by atomic mass is 10.3. The number of aromatic hydroxyl groups is 1. The van der Waals surface area contributed by atoms with Crippen LogP contribution in [0.25, 0.3) is 10.2 Å². The normalized spacial score (nSPS) is 10.7. The first-order chi connectivity index (χ1) is 14.0. The molecular formula is C19H13ClN4O4S. The second-order valence-corrected chi connectivity index (χ2v) is 7.15. The third kappa shape index (κ3) is 4.05. The molecule has 0 radical (unpaired) electrons. The lowest BCUT2D eigenvalue weighted by Crippen LogP contribution is -2.13. The number of hydrogen-bond donors (Lipinski definition) is 2. The van der Waals surface area contributed by atoms with Crippen LogP contribution in [0.3, 0.4) is 0 Å². The average molecular weight is 429 g/mol. The molecular weight excluding hydrogens is 416 g/mol. The molecule has 0 bridgehead atoms. The van der Waals surface area contributed by atoms with Crippen molar-refractivity contribution in [3.63, 3.8) is 0 Å². The molecule has 29 heavy (non-hydrogen) atoms. The van der Waals surface area contributed by atoms with Gasteiger partial charge in [0.25, 0.3) is 5.91 Å². The van der Waals surface area contributed by atoms with Gasteiger partial charge in [0.1, 0.15) is 16.7 Å². The van der Waals surface area contributed by atoms with Crippen molar-refractivity contribution < 1.29 is 19.4 Å². The summed E-state index contributed by atoms with van der Waals surface area (Å²) in [4.78, 5) is 24.7. The summed E-state index contributed by atoms with van der Waals surface area (Å²) in [6.45, 7) is 0. The summed E-state index contributed by atoms with van der Waals surface area (Å²) < 4.78 is 11.6. The molecule has 3 heterocycles. The number of hydrogen-bond acceptors (Lipinski definition) is 8. The Balaban J connectivity index is 1.54. The number of pyridine rings is 2. The minimum absolute atomic E-state index is 0.150. The second kappa shape index (κ2) is 7.90. The summed E-state index contributed by atoms with van der Waals surface area (Å²) >= 11 is 7.04. The zero-order chi connectivity index (χ0) is 20.4. The highest BCUT2D eigenvalue weighted by Gasteiger charge is 2.18. The number of ether oxygens (including phenoxy) is 2. The smallest absolute Gasteiger partial charge is 0.280 e. The molecule has 1 amide bonds. The van der Waals surface area contributed by atoms with Crippen LogP contribution in [-0.4, -0.2) is 33.1 Å². The van der Waals surface area contributed by atoms with E-state index in [0.717, 1.165) is 4.70 Å². The first kappa shape index (κ1) is 18.9. The first-order valence-corrected chi connectivity index (χ1v) is 9.46. The summed E-state index contributed by atoms with van der Waals surface area (Å²) in [6, 6.07) is 10.2. The van der Waals surface area contributed by atoms with E-state index in [2.05, 4.69) is 20.3 Å². The number of fused-ring (bicyclic) bond motifs is 1. The van der Waals surface area contributed by atoms with Gasteiger partial charge >= 0.3 is 0 Å². The molecule has 3 aromatic heterocycles. The van der Waals surface area contributed by atoms with Gasteiger partial charge in [-0.15, -0.1) is 0 Å². The predicted molar refractivity (Wildman–Crippen MR) is 109 cm³/mol. The van der Waals surface area contributed by atoms with Crippen molar-refractivity contribution >= 4 is 44.2 Å². The Kier molecular flexibility index (Phi) is 5.15. The van der Waals surface area contributed by atoms with Crippen LogP contribution in [0.5, 0.6) is 23.0 Å². The topological polar surface area (TPSA) is 106 Å². The molecule has 0 fully saturated rings. The molecule has 10 heteroatoms. The summed E-state index contributed by atoms with van der Waals surface area (Å²) in [6.07, 6.45) is 2.90. The number of anilines is 1. The van der Waals surface area contributed by atoms with E-state index in [1.54, 1.807) is 30.3 Å². The SMILES string of the molecule is COc1ccnc(C(=O)Nc2nc3ccc(Oc4ccc(Cl)nc4)cc3s2)c1O. The number of carbonyl (C=O) groups is 1. The van der Waals surface area contributed by atoms with E-state index in [4.69, 9.17) is 21.1 Å². The molecule has 8 nitrogen and oxygen atoms in total. The lowest BCUT2D eigenvalue weighted by Gasteiger charge is -2.06. The van der Waals surface area contributed by atoms with Crippen molar-refractivity contribution in [2.75, 3.05) is 12.4 Å². The Morgan fingerprint density at radius 3 is 2.76 bits per heavy atom. The first-order valence-electron chi connectivity index (χ1n) is 8.27. The van der Waals surface area contributed by atoms with E-state index in [1.165, 1.54) is 36.9 Å². The second-order valence-electron chi connectivity index (χ2n) is 5.73. The van der Waals surface area contributed by atoms with Crippen molar-refractivity contribution in [1.29, 1.82) is 0 Å². The minimum Gasteiger partial charge on any atom is -0.503 e. The van der Waals surface area contributed by atoms with Gasteiger partial charge in [-0.25, -0.2) is 15.0 Å². The Morgan fingerprint density at radius 2 is 2.00 bits per heavy atom. The van der Waals surface area contributed by atoms with Gasteiger partial charge in [-0.1, -0.05) is 22.9 Å². The average Bonchev–Trinajstić information content (AvgIpc) is 3.11. The van der Waals surface area contributed by atoms with Gasteiger partial charge in [0, 0.05) is 18.3 Å². The van der Waals surface area contributed by atoms with Gasteiger partial charge < -0.3 is 14.6 Å². The third-order valence-electron chi connectivity index (χ3n) is 3.84. The highest BCUT2D eigenvalue weighted by molar-refractivity contribution is 7.22. The molecule has 0 spiro atoms. The number of aromatic nitrogens is 3. The fourth-order valence-electron chi connectivity index (χ4n) is 2.50. The van der Waals surface area contributed by atoms with Crippen LogP contribution in [0.2, 0.25) is 5.15 Å². The number of methoxy groups -OCH3 is 1. The number of benzene rings is 1. The van der Waals surface area contributed by atoms with Crippen LogP contribution < -0.4 is 14.8 Å². The predicted octanol–water partition coefficient (Wildman–Crippen LogP) is 4.50. The fraction of sp³-hybridized carbons (Fsp3) is 0.0526. The number of nitrogens with one attached hydrogen (secondary N) is 1. The van der Waals surface area contributed by atoms with E-state index in [9.17, 15) is 9.90 Å². The van der Waals surface area contributed by atoms with Gasteiger partial charge in [0.05, 0.1) is 23.5 Å². The van der Waals surface area contributed by atoms with Crippen LogP contribution in [0.1, 0.15) is 10.5 Å². The van der Waals surface area contributed by atoms with Crippen molar-refractivity contribution in [3.05, 3.63) is 59.6 Å². The van der Waals surface area contributed by atoms with Crippen LogP contribution in [0, 0.1) is 0 Å². The summed E-state index contributed by atoms with van der Waals surface area (Å²) in [5.74, 6) is 0.375. The van der Waals surface area contributed by atoms with Gasteiger partial charge in [0.15, 0.2) is 22.3 Å².